The van der Waals surface area contributed by atoms with Crippen LogP contribution in [0, 0.1) is 11.8 Å². The van der Waals surface area contributed by atoms with E-state index in [0.717, 1.165) is 5.56 Å². The second-order valence-corrected chi connectivity index (χ2v) is 5.62. The van der Waals surface area contributed by atoms with Gasteiger partial charge < -0.3 is 14.7 Å². The Balaban J connectivity index is 2.02. The lowest BCUT2D eigenvalue weighted by molar-refractivity contribution is -0.139. The summed E-state index contributed by atoms with van der Waals surface area (Å²) in [6, 6.07) is 9.73. The number of aliphatic hydroxyl groups excluding tert-OH is 1. The average molecular weight is 261 g/mol. The molecular weight excluding hydrogens is 242 g/mol. The Morgan fingerprint density at radius 3 is 2.68 bits per heavy atom. The molecule has 2 aliphatic rings. The number of hydrogen-bond donors (Lipinski definition) is 1. The summed E-state index contributed by atoms with van der Waals surface area (Å²) in [5.74, 6) is 0.105. The predicted molar refractivity (Wildman–Crippen MR) is 70.1 cm³/mol. The van der Waals surface area contributed by atoms with Gasteiger partial charge in [-0.25, -0.2) is 0 Å². The zero-order valence-electron chi connectivity index (χ0n) is 11.2. The first-order chi connectivity index (χ1) is 9.12. The normalized spacial score (nSPS) is 37.7. The molecule has 102 valence electrons. The van der Waals surface area contributed by atoms with Crippen LogP contribution in [-0.2, 0) is 9.53 Å². The second-order valence-electron chi connectivity index (χ2n) is 5.62. The topological polar surface area (TPSA) is 49.8 Å². The van der Waals surface area contributed by atoms with Crippen LogP contribution in [-0.4, -0.2) is 34.7 Å². The molecule has 2 aliphatic heterocycles. The summed E-state index contributed by atoms with van der Waals surface area (Å²) in [7, 11) is 0. The number of rotatable bonds is 2. The molecule has 4 atom stereocenters. The van der Waals surface area contributed by atoms with Crippen LogP contribution in [0.2, 0.25) is 0 Å². The molecule has 0 spiro atoms. The summed E-state index contributed by atoms with van der Waals surface area (Å²) in [5, 5.41) is 9.82. The highest BCUT2D eigenvalue weighted by atomic mass is 16.5. The Morgan fingerprint density at radius 1 is 1.37 bits per heavy atom. The van der Waals surface area contributed by atoms with Crippen molar-refractivity contribution in [3.63, 3.8) is 0 Å². The number of ether oxygens (including phenoxy) is 1. The van der Waals surface area contributed by atoms with Crippen molar-refractivity contribution in [2.24, 2.45) is 11.8 Å². The van der Waals surface area contributed by atoms with Gasteiger partial charge in [0.2, 0.25) is 5.91 Å². The van der Waals surface area contributed by atoms with Crippen molar-refractivity contribution in [2.45, 2.75) is 25.6 Å². The maximum atomic E-state index is 12.5. The van der Waals surface area contributed by atoms with Gasteiger partial charge in [0.05, 0.1) is 18.8 Å². The van der Waals surface area contributed by atoms with Gasteiger partial charge in [-0.2, -0.15) is 0 Å². The molecule has 0 aliphatic carbocycles. The third-order valence-electron chi connectivity index (χ3n) is 4.79. The standard InChI is InChI=1S/C15H19NO3/c1-10-11(2)15(8-17)9-19-14(16(15)13(10)18)12-6-4-3-5-7-12/h3-7,10-11,14,17H,8-9H2,1-2H3. The minimum Gasteiger partial charge on any atom is -0.394 e. The van der Waals surface area contributed by atoms with Crippen LogP contribution >= 0.6 is 0 Å². The van der Waals surface area contributed by atoms with Crippen LogP contribution in [0.15, 0.2) is 30.3 Å². The van der Waals surface area contributed by atoms with Gasteiger partial charge in [0.25, 0.3) is 0 Å². The third-order valence-corrected chi connectivity index (χ3v) is 4.79. The maximum Gasteiger partial charge on any atom is 0.228 e. The molecule has 0 radical (unpaired) electrons. The molecule has 0 saturated carbocycles. The lowest BCUT2D eigenvalue weighted by atomic mass is 9.83. The van der Waals surface area contributed by atoms with E-state index in [2.05, 4.69) is 0 Å². The Labute approximate surface area is 113 Å². The van der Waals surface area contributed by atoms with Crippen molar-refractivity contribution in [1.29, 1.82) is 0 Å². The fraction of sp³-hybridized carbons (Fsp3) is 0.533. The second kappa shape index (κ2) is 4.32. The number of nitrogens with zero attached hydrogens (tertiary/aromatic N) is 1. The molecule has 2 heterocycles. The average Bonchev–Trinajstić information content (AvgIpc) is 2.93. The lowest BCUT2D eigenvalue weighted by Gasteiger charge is -2.33. The summed E-state index contributed by atoms with van der Waals surface area (Å²) in [6.45, 7) is 4.31. The van der Waals surface area contributed by atoms with Crippen LogP contribution in [0.25, 0.3) is 0 Å². The molecule has 19 heavy (non-hydrogen) atoms. The zero-order valence-corrected chi connectivity index (χ0v) is 11.2. The number of benzene rings is 1. The van der Waals surface area contributed by atoms with E-state index in [1.807, 2.05) is 44.2 Å². The quantitative estimate of drug-likeness (QED) is 0.879. The fourth-order valence-corrected chi connectivity index (χ4v) is 3.31. The monoisotopic (exact) mass is 261 g/mol. The molecule has 0 aromatic heterocycles. The molecular formula is C15H19NO3. The molecule has 4 heteroatoms. The Kier molecular flexibility index (Phi) is 2.87. The van der Waals surface area contributed by atoms with Crippen molar-refractivity contribution < 1.29 is 14.6 Å². The summed E-state index contributed by atoms with van der Waals surface area (Å²) in [5.41, 5.74) is 0.407. The summed E-state index contributed by atoms with van der Waals surface area (Å²) in [6.07, 6.45) is -0.367. The van der Waals surface area contributed by atoms with E-state index >= 15 is 0 Å². The van der Waals surface area contributed by atoms with E-state index < -0.39 is 5.54 Å². The molecule has 1 N–H and O–H groups in total. The van der Waals surface area contributed by atoms with Gasteiger partial charge >= 0.3 is 0 Å². The van der Waals surface area contributed by atoms with Crippen molar-refractivity contribution in [2.75, 3.05) is 13.2 Å². The first-order valence-corrected chi connectivity index (χ1v) is 6.72. The smallest absolute Gasteiger partial charge is 0.228 e. The molecule has 2 fully saturated rings. The first kappa shape index (κ1) is 12.6. The summed E-state index contributed by atoms with van der Waals surface area (Å²) >= 11 is 0. The lowest BCUT2D eigenvalue weighted by Crippen LogP contribution is -2.49. The van der Waals surface area contributed by atoms with Crippen molar-refractivity contribution in [3.8, 4) is 0 Å². The van der Waals surface area contributed by atoms with E-state index in [1.165, 1.54) is 0 Å². The van der Waals surface area contributed by atoms with E-state index in [1.54, 1.807) is 4.90 Å². The molecule has 1 aromatic rings. The van der Waals surface area contributed by atoms with E-state index in [0.29, 0.717) is 6.61 Å². The highest BCUT2D eigenvalue weighted by molar-refractivity contribution is 5.83. The van der Waals surface area contributed by atoms with E-state index in [9.17, 15) is 9.90 Å². The molecule has 1 amide bonds. The zero-order chi connectivity index (χ0) is 13.6. The van der Waals surface area contributed by atoms with Gasteiger partial charge in [0.1, 0.15) is 0 Å². The highest BCUT2D eigenvalue weighted by Gasteiger charge is 2.61. The summed E-state index contributed by atoms with van der Waals surface area (Å²) in [4.78, 5) is 14.2. The number of amides is 1. The molecule has 3 rings (SSSR count). The molecule has 1 aromatic carbocycles. The van der Waals surface area contributed by atoms with Gasteiger partial charge in [-0.15, -0.1) is 0 Å². The van der Waals surface area contributed by atoms with Crippen LogP contribution in [0.4, 0.5) is 0 Å². The maximum absolute atomic E-state index is 12.5. The molecule has 4 unspecified atom stereocenters. The van der Waals surface area contributed by atoms with Crippen LogP contribution in [0.3, 0.4) is 0 Å². The van der Waals surface area contributed by atoms with Gasteiger partial charge in [0, 0.05) is 11.5 Å². The van der Waals surface area contributed by atoms with Gasteiger partial charge in [-0.3, -0.25) is 4.79 Å². The largest absolute Gasteiger partial charge is 0.394 e. The van der Waals surface area contributed by atoms with Crippen molar-refractivity contribution in [3.05, 3.63) is 35.9 Å². The third kappa shape index (κ3) is 1.56. The van der Waals surface area contributed by atoms with Crippen molar-refractivity contribution in [1.82, 2.24) is 4.90 Å². The first-order valence-electron chi connectivity index (χ1n) is 6.72. The van der Waals surface area contributed by atoms with E-state index in [-0.39, 0.29) is 30.6 Å². The van der Waals surface area contributed by atoms with Gasteiger partial charge in [-0.05, 0) is 5.92 Å². The number of carbonyl (C=O) groups is 1. The van der Waals surface area contributed by atoms with Gasteiger partial charge in [-0.1, -0.05) is 44.2 Å². The summed E-state index contributed by atoms with van der Waals surface area (Å²) < 4.78 is 5.83. The minimum absolute atomic E-state index is 0.0480. The number of hydrogen-bond acceptors (Lipinski definition) is 3. The fourth-order valence-electron chi connectivity index (χ4n) is 3.31. The van der Waals surface area contributed by atoms with Crippen LogP contribution < -0.4 is 0 Å². The van der Waals surface area contributed by atoms with Crippen molar-refractivity contribution >= 4 is 5.91 Å². The van der Waals surface area contributed by atoms with Crippen LogP contribution in [0.1, 0.15) is 25.6 Å². The highest BCUT2D eigenvalue weighted by Crippen LogP contribution is 2.49. The number of carbonyl (C=O) groups excluding carboxylic acids is 1. The molecule has 0 bridgehead atoms. The van der Waals surface area contributed by atoms with E-state index in [4.69, 9.17) is 4.74 Å². The Hall–Kier alpha value is -1.39. The predicted octanol–water partition coefficient (Wildman–Crippen LogP) is 1.56. The molecule has 2 saturated heterocycles. The Morgan fingerprint density at radius 2 is 2.05 bits per heavy atom. The number of fused-ring (bicyclic) bond motifs is 1. The SMILES string of the molecule is CC1C(=O)N2C(c3ccccc3)OCC2(CO)C1C. The van der Waals surface area contributed by atoms with Gasteiger partial charge in [0.15, 0.2) is 6.23 Å². The van der Waals surface area contributed by atoms with Crippen LogP contribution in [0.5, 0.6) is 0 Å². The minimum atomic E-state index is -0.559. The molecule has 4 nitrogen and oxygen atoms in total. The number of aliphatic hydroxyl groups is 1. The Bertz CT molecular complexity index is 489.